The second-order valence-electron chi connectivity index (χ2n) is 5.48. The predicted octanol–water partition coefficient (Wildman–Crippen LogP) is 2.77. The lowest BCUT2D eigenvalue weighted by Crippen LogP contribution is -2.49. The van der Waals surface area contributed by atoms with Gasteiger partial charge in [0.1, 0.15) is 16.8 Å². The zero-order valence-electron chi connectivity index (χ0n) is 13.1. The van der Waals surface area contributed by atoms with E-state index in [2.05, 4.69) is 4.98 Å². The molecule has 0 saturated carbocycles. The summed E-state index contributed by atoms with van der Waals surface area (Å²) in [7, 11) is -3.70. The van der Waals surface area contributed by atoms with Gasteiger partial charge in [-0.05, 0) is 30.3 Å². The Morgan fingerprint density at radius 3 is 2.40 bits per heavy atom. The smallest absolute Gasteiger partial charge is 0.244 e. The molecule has 0 amide bonds. The highest BCUT2D eigenvalue weighted by molar-refractivity contribution is 7.89. The molecule has 2 heterocycles. The van der Waals surface area contributed by atoms with Gasteiger partial charge in [-0.2, -0.15) is 9.57 Å². The average molecular weight is 397 g/mol. The molecule has 1 fully saturated rings. The highest BCUT2D eigenvalue weighted by atomic mass is 35.5. The molecule has 1 aromatic heterocycles. The Labute approximate surface area is 156 Å². The number of benzene rings is 1. The van der Waals surface area contributed by atoms with Crippen LogP contribution >= 0.6 is 23.2 Å². The molecule has 0 spiro atoms. The summed E-state index contributed by atoms with van der Waals surface area (Å²) >= 11 is 12.0. The molecule has 0 radical (unpaired) electrons. The van der Waals surface area contributed by atoms with Gasteiger partial charge in [0.05, 0.1) is 10.6 Å². The lowest BCUT2D eigenvalue weighted by atomic mass is 10.3. The molecule has 1 saturated heterocycles. The fraction of sp³-hybridized carbons (Fsp3) is 0.250. The number of nitriles is 1. The van der Waals surface area contributed by atoms with Gasteiger partial charge in [0.25, 0.3) is 0 Å². The van der Waals surface area contributed by atoms with E-state index >= 15 is 0 Å². The summed E-state index contributed by atoms with van der Waals surface area (Å²) in [5.74, 6) is 0.719. The van der Waals surface area contributed by atoms with Gasteiger partial charge in [-0.25, -0.2) is 13.4 Å². The van der Waals surface area contributed by atoms with Crippen LogP contribution in [-0.2, 0) is 10.0 Å². The van der Waals surface area contributed by atoms with E-state index in [0.717, 1.165) is 5.82 Å². The third-order valence-corrected chi connectivity index (χ3v) is 6.57. The van der Waals surface area contributed by atoms with Gasteiger partial charge in [0, 0.05) is 37.4 Å². The van der Waals surface area contributed by atoms with Crippen LogP contribution in [0.2, 0.25) is 10.0 Å². The van der Waals surface area contributed by atoms with Crippen LogP contribution in [0.15, 0.2) is 41.4 Å². The molecule has 1 aliphatic heterocycles. The van der Waals surface area contributed by atoms with E-state index < -0.39 is 10.0 Å². The summed E-state index contributed by atoms with van der Waals surface area (Å²) in [6, 6.07) is 9.87. The second-order valence-corrected chi connectivity index (χ2v) is 8.23. The van der Waals surface area contributed by atoms with Crippen molar-refractivity contribution < 1.29 is 8.42 Å². The van der Waals surface area contributed by atoms with Crippen LogP contribution < -0.4 is 4.90 Å². The van der Waals surface area contributed by atoms with Crippen LogP contribution in [0.25, 0.3) is 0 Å². The molecule has 0 aliphatic carbocycles. The number of hydrogen-bond donors (Lipinski definition) is 0. The van der Waals surface area contributed by atoms with Crippen molar-refractivity contribution in [1.29, 1.82) is 5.26 Å². The molecule has 0 atom stereocenters. The summed E-state index contributed by atoms with van der Waals surface area (Å²) in [6.07, 6.45) is 1.50. The maximum absolute atomic E-state index is 12.8. The van der Waals surface area contributed by atoms with Crippen LogP contribution in [0, 0.1) is 11.3 Å². The van der Waals surface area contributed by atoms with Gasteiger partial charge in [-0.1, -0.05) is 23.2 Å². The third-order valence-electron chi connectivity index (χ3n) is 3.95. The minimum atomic E-state index is -3.70. The largest absolute Gasteiger partial charge is 0.354 e. The van der Waals surface area contributed by atoms with E-state index in [9.17, 15) is 8.42 Å². The van der Waals surface area contributed by atoms with Crippen molar-refractivity contribution in [2.24, 2.45) is 0 Å². The highest BCUT2D eigenvalue weighted by Crippen LogP contribution is 2.28. The summed E-state index contributed by atoms with van der Waals surface area (Å²) in [5.41, 5.74) is 0.487. The molecule has 3 rings (SSSR count). The maximum atomic E-state index is 12.8. The number of sulfonamides is 1. The molecule has 0 bridgehead atoms. The van der Waals surface area contributed by atoms with Crippen molar-refractivity contribution in [2.75, 3.05) is 31.1 Å². The lowest BCUT2D eigenvalue weighted by Gasteiger charge is -2.34. The van der Waals surface area contributed by atoms with Crippen molar-refractivity contribution in [3.8, 4) is 6.07 Å². The molecule has 130 valence electrons. The number of pyridine rings is 1. The van der Waals surface area contributed by atoms with Crippen LogP contribution in [0.3, 0.4) is 0 Å². The quantitative estimate of drug-likeness (QED) is 0.796. The number of nitrogens with zero attached hydrogens (tertiary/aromatic N) is 4. The maximum Gasteiger partial charge on any atom is 0.244 e. The molecule has 25 heavy (non-hydrogen) atoms. The van der Waals surface area contributed by atoms with Crippen molar-refractivity contribution >= 4 is 39.0 Å². The molecule has 1 aliphatic rings. The first-order valence-corrected chi connectivity index (χ1v) is 9.68. The molecule has 0 unspecified atom stereocenters. The summed E-state index contributed by atoms with van der Waals surface area (Å²) in [5, 5.41) is 9.29. The summed E-state index contributed by atoms with van der Waals surface area (Å²) in [6.45, 7) is 1.62. The Bertz CT molecular complexity index is 918. The van der Waals surface area contributed by atoms with Crippen molar-refractivity contribution in [3.63, 3.8) is 0 Å². The average Bonchev–Trinajstić information content (AvgIpc) is 2.64. The van der Waals surface area contributed by atoms with E-state index in [1.165, 1.54) is 22.6 Å². The zero-order chi connectivity index (χ0) is 18.0. The first-order valence-electron chi connectivity index (χ1n) is 7.48. The molecular weight excluding hydrogens is 383 g/mol. The monoisotopic (exact) mass is 396 g/mol. The molecular formula is C16H14Cl2N4O2S. The minimum Gasteiger partial charge on any atom is -0.354 e. The molecule has 2 aromatic rings. The number of aromatic nitrogens is 1. The van der Waals surface area contributed by atoms with Gasteiger partial charge in [0.2, 0.25) is 10.0 Å². The fourth-order valence-corrected chi connectivity index (χ4v) is 4.77. The fourth-order valence-electron chi connectivity index (χ4n) is 2.61. The Morgan fingerprint density at radius 2 is 1.80 bits per heavy atom. The number of rotatable bonds is 3. The number of piperazine rings is 1. The number of anilines is 1. The normalized spacial score (nSPS) is 15.8. The third kappa shape index (κ3) is 3.72. The minimum absolute atomic E-state index is 0.0200. The zero-order valence-corrected chi connectivity index (χ0v) is 15.4. The first-order chi connectivity index (χ1) is 11.9. The molecule has 0 N–H and O–H groups in total. The van der Waals surface area contributed by atoms with Crippen molar-refractivity contribution in [3.05, 3.63) is 52.1 Å². The predicted molar refractivity (Wildman–Crippen MR) is 96.4 cm³/mol. The van der Waals surface area contributed by atoms with Gasteiger partial charge in [0.15, 0.2) is 0 Å². The van der Waals surface area contributed by atoms with E-state index in [4.69, 9.17) is 28.5 Å². The number of hydrogen-bond acceptors (Lipinski definition) is 5. The standard InChI is InChI=1S/C16H14Cl2N4O2S/c17-13-2-3-14(18)15(9-13)25(23,24)22-7-5-21(6-8-22)16-4-1-12(10-19)11-20-16/h1-4,9,11H,5-8H2. The Balaban J connectivity index is 1.75. The van der Waals surface area contributed by atoms with E-state index in [1.54, 1.807) is 18.2 Å². The highest BCUT2D eigenvalue weighted by Gasteiger charge is 2.30. The summed E-state index contributed by atoms with van der Waals surface area (Å²) < 4.78 is 27.0. The SMILES string of the molecule is N#Cc1ccc(N2CCN(S(=O)(=O)c3cc(Cl)ccc3Cl)CC2)nc1. The number of halogens is 2. The Kier molecular flexibility index (Phi) is 5.16. The van der Waals surface area contributed by atoms with E-state index in [1.807, 2.05) is 11.0 Å². The Morgan fingerprint density at radius 1 is 1.08 bits per heavy atom. The molecule has 1 aromatic carbocycles. The van der Waals surface area contributed by atoms with Gasteiger partial charge >= 0.3 is 0 Å². The summed E-state index contributed by atoms with van der Waals surface area (Å²) in [4.78, 5) is 6.24. The topological polar surface area (TPSA) is 77.3 Å². The van der Waals surface area contributed by atoms with Crippen molar-refractivity contribution in [1.82, 2.24) is 9.29 Å². The molecule has 9 heteroatoms. The van der Waals surface area contributed by atoms with E-state index in [0.29, 0.717) is 36.8 Å². The van der Waals surface area contributed by atoms with Crippen LogP contribution in [0.4, 0.5) is 5.82 Å². The van der Waals surface area contributed by atoms with Gasteiger partial charge in [-0.15, -0.1) is 0 Å². The van der Waals surface area contributed by atoms with Crippen LogP contribution in [-0.4, -0.2) is 43.9 Å². The van der Waals surface area contributed by atoms with Crippen molar-refractivity contribution in [2.45, 2.75) is 4.90 Å². The lowest BCUT2D eigenvalue weighted by molar-refractivity contribution is 0.384. The van der Waals surface area contributed by atoms with Gasteiger partial charge in [-0.3, -0.25) is 0 Å². The second kappa shape index (κ2) is 7.18. The molecule has 6 nitrogen and oxygen atoms in total. The van der Waals surface area contributed by atoms with Crippen LogP contribution in [0.1, 0.15) is 5.56 Å². The van der Waals surface area contributed by atoms with Crippen LogP contribution in [0.5, 0.6) is 0 Å². The Hall–Kier alpha value is -1.85. The first kappa shape index (κ1) is 18.0. The van der Waals surface area contributed by atoms with Gasteiger partial charge < -0.3 is 4.90 Å². The van der Waals surface area contributed by atoms with E-state index in [-0.39, 0.29) is 9.92 Å².